The summed E-state index contributed by atoms with van der Waals surface area (Å²) in [5.41, 5.74) is 3.20. The topological polar surface area (TPSA) is 84.3 Å². The molecule has 0 unspecified atom stereocenters. The average molecular weight is 429 g/mol. The third-order valence-corrected chi connectivity index (χ3v) is 6.53. The number of hydrogen-bond donors (Lipinski definition) is 1. The first-order chi connectivity index (χ1) is 14.9. The van der Waals surface area contributed by atoms with Gasteiger partial charge in [0.15, 0.2) is 9.84 Å². The molecule has 4 aromatic rings. The van der Waals surface area contributed by atoms with Gasteiger partial charge in [-0.25, -0.2) is 13.2 Å². The number of carboxylic acid groups (broad SMARTS) is 1. The van der Waals surface area contributed by atoms with Gasteiger partial charge in [0.25, 0.3) is 0 Å². The molecule has 0 fully saturated rings. The quantitative estimate of drug-likeness (QED) is 0.432. The van der Waals surface area contributed by atoms with Gasteiger partial charge in [0, 0.05) is 5.39 Å². The van der Waals surface area contributed by atoms with Gasteiger partial charge in [-0.2, -0.15) is 0 Å². The molecule has 0 saturated heterocycles. The fourth-order valence-corrected chi connectivity index (χ4v) is 4.45. The minimum absolute atomic E-state index is 0.164. The van der Waals surface area contributed by atoms with Crippen LogP contribution >= 0.6 is 0 Å². The first kappa shape index (κ1) is 20.5. The Balaban J connectivity index is 1.48. The molecule has 1 heterocycles. The highest BCUT2D eigenvalue weighted by atomic mass is 32.2. The monoisotopic (exact) mass is 429 g/mol. The fraction of sp³-hybridized carbons (Fsp3) is 0.0400. The average Bonchev–Trinajstić information content (AvgIpc) is 2.78. The Bertz CT molecular complexity index is 1370. The Labute approximate surface area is 180 Å². The zero-order chi connectivity index (χ0) is 21.8. The molecule has 0 radical (unpaired) electrons. The van der Waals surface area contributed by atoms with Crippen molar-refractivity contribution >= 4 is 38.9 Å². The number of sulfone groups is 1. The summed E-state index contributed by atoms with van der Waals surface area (Å²) in [4.78, 5) is 15.6. The van der Waals surface area contributed by atoms with Crippen LogP contribution in [0, 0.1) is 0 Å². The van der Waals surface area contributed by atoms with E-state index in [1.165, 1.54) is 0 Å². The Morgan fingerprint density at radius 2 is 1.42 bits per heavy atom. The number of fused-ring (bicyclic) bond motifs is 1. The molecule has 0 bridgehead atoms. The van der Waals surface area contributed by atoms with E-state index in [4.69, 9.17) is 5.11 Å². The molecule has 0 spiro atoms. The Morgan fingerprint density at radius 3 is 2.06 bits per heavy atom. The van der Waals surface area contributed by atoms with Gasteiger partial charge in [-0.05, 0) is 47.5 Å². The molecular weight excluding hydrogens is 410 g/mol. The molecule has 6 heteroatoms. The summed E-state index contributed by atoms with van der Waals surface area (Å²) in [6.45, 7) is 0. The van der Waals surface area contributed by atoms with Crippen molar-refractivity contribution in [3.05, 3.63) is 107 Å². The Kier molecular flexibility index (Phi) is 5.64. The lowest BCUT2D eigenvalue weighted by Gasteiger charge is -2.06. The van der Waals surface area contributed by atoms with Gasteiger partial charge >= 0.3 is 5.97 Å². The SMILES string of the molecule is O=C(O)c1ccc(C=Cc2ccc(S(=O)(=O)Cc3ccc4ccccc4n3)cc2)cc1. The van der Waals surface area contributed by atoms with Gasteiger partial charge in [0.05, 0.1) is 27.4 Å². The number of rotatable bonds is 6. The minimum atomic E-state index is -3.52. The van der Waals surface area contributed by atoms with Crippen molar-refractivity contribution in [2.75, 3.05) is 0 Å². The number of nitrogens with zero attached hydrogens (tertiary/aromatic N) is 1. The summed E-state index contributed by atoms with van der Waals surface area (Å²) >= 11 is 0. The van der Waals surface area contributed by atoms with Crippen LogP contribution < -0.4 is 0 Å². The van der Waals surface area contributed by atoms with Crippen LogP contribution in [0.5, 0.6) is 0 Å². The third kappa shape index (κ3) is 4.87. The molecule has 0 amide bonds. The third-order valence-electron chi connectivity index (χ3n) is 4.86. The molecule has 0 atom stereocenters. The van der Waals surface area contributed by atoms with Gasteiger partial charge in [-0.1, -0.05) is 60.7 Å². The van der Waals surface area contributed by atoms with Gasteiger partial charge in [0.2, 0.25) is 0 Å². The summed E-state index contributed by atoms with van der Waals surface area (Å²) in [5.74, 6) is -1.13. The number of hydrogen-bond acceptors (Lipinski definition) is 4. The van der Waals surface area contributed by atoms with Crippen molar-refractivity contribution in [2.24, 2.45) is 0 Å². The zero-order valence-electron chi connectivity index (χ0n) is 16.5. The highest BCUT2D eigenvalue weighted by Crippen LogP contribution is 2.19. The lowest BCUT2D eigenvalue weighted by molar-refractivity contribution is 0.0697. The first-order valence-corrected chi connectivity index (χ1v) is 11.2. The lowest BCUT2D eigenvalue weighted by atomic mass is 10.1. The Hall–Kier alpha value is -3.77. The van der Waals surface area contributed by atoms with Gasteiger partial charge in [-0.3, -0.25) is 4.98 Å². The van der Waals surface area contributed by atoms with Crippen molar-refractivity contribution in [2.45, 2.75) is 10.6 Å². The normalized spacial score (nSPS) is 11.7. The van der Waals surface area contributed by atoms with Crippen LogP contribution in [0.25, 0.3) is 23.1 Å². The van der Waals surface area contributed by atoms with Gasteiger partial charge < -0.3 is 5.11 Å². The van der Waals surface area contributed by atoms with Crippen LogP contribution in [0.15, 0.2) is 89.8 Å². The molecule has 0 saturated carbocycles. The van der Waals surface area contributed by atoms with Crippen LogP contribution in [-0.4, -0.2) is 24.5 Å². The molecule has 0 aliphatic rings. The van der Waals surface area contributed by atoms with Gasteiger partial charge in [-0.15, -0.1) is 0 Å². The minimum Gasteiger partial charge on any atom is -0.478 e. The molecule has 1 aromatic heterocycles. The fourth-order valence-electron chi connectivity index (χ4n) is 3.18. The predicted molar refractivity (Wildman–Crippen MR) is 121 cm³/mol. The predicted octanol–water partition coefficient (Wildman–Crippen LogP) is 5.08. The van der Waals surface area contributed by atoms with Crippen LogP contribution in [0.3, 0.4) is 0 Å². The zero-order valence-corrected chi connectivity index (χ0v) is 17.3. The van der Waals surface area contributed by atoms with E-state index in [1.54, 1.807) is 54.6 Å². The number of pyridine rings is 1. The second kappa shape index (κ2) is 8.53. The number of benzene rings is 3. The first-order valence-electron chi connectivity index (χ1n) is 9.60. The van der Waals surface area contributed by atoms with E-state index < -0.39 is 15.8 Å². The van der Waals surface area contributed by atoms with Crippen molar-refractivity contribution in [1.29, 1.82) is 0 Å². The summed E-state index contributed by atoms with van der Waals surface area (Å²) in [6.07, 6.45) is 3.69. The van der Waals surface area contributed by atoms with E-state index in [0.717, 1.165) is 22.0 Å². The second-order valence-electron chi connectivity index (χ2n) is 7.08. The summed E-state index contributed by atoms with van der Waals surface area (Å²) in [5, 5.41) is 9.91. The maximum atomic E-state index is 12.8. The largest absolute Gasteiger partial charge is 0.478 e. The van der Waals surface area contributed by atoms with Crippen LogP contribution in [0.1, 0.15) is 27.2 Å². The summed E-state index contributed by atoms with van der Waals surface area (Å²) < 4.78 is 25.6. The number of aromatic nitrogens is 1. The maximum Gasteiger partial charge on any atom is 0.335 e. The van der Waals surface area contributed by atoms with E-state index in [2.05, 4.69) is 4.98 Å². The summed E-state index contributed by atoms with van der Waals surface area (Å²) in [6, 6.07) is 24.4. The van der Waals surface area contributed by atoms with Crippen LogP contribution in [-0.2, 0) is 15.6 Å². The molecule has 0 aliphatic heterocycles. The van der Waals surface area contributed by atoms with E-state index in [1.807, 2.05) is 42.5 Å². The summed E-state index contributed by atoms with van der Waals surface area (Å²) in [7, 11) is -3.52. The molecule has 31 heavy (non-hydrogen) atoms. The smallest absolute Gasteiger partial charge is 0.335 e. The maximum absolute atomic E-state index is 12.8. The van der Waals surface area contributed by atoms with Crippen molar-refractivity contribution in [3.63, 3.8) is 0 Å². The van der Waals surface area contributed by atoms with Crippen molar-refractivity contribution < 1.29 is 18.3 Å². The number of para-hydroxylation sites is 1. The second-order valence-corrected chi connectivity index (χ2v) is 9.07. The van der Waals surface area contributed by atoms with E-state index in [-0.39, 0.29) is 16.2 Å². The van der Waals surface area contributed by atoms with E-state index in [0.29, 0.717) is 5.69 Å². The van der Waals surface area contributed by atoms with Crippen molar-refractivity contribution in [3.8, 4) is 0 Å². The molecule has 0 aliphatic carbocycles. The highest BCUT2D eigenvalue weighted by molar-refractivity contribution is 7.90. The van der Waals surface area contributed by atoms with E-state index >= 15 is 0 Å². The van der Waals surface area contributed by atoms with Crippen LogP contribution in [0.2, 0.25) is 0 Å². The Morgan fingerprint density at radius 1 is 0.806 bits per heavy atom. The number of carbonyl (C=O) groups is 1. The van der Waals surface area contributed by atoms with E-state index in [9.17, 15) is 13.2 Å². The van der Waals surface area contributed by atoms with Gasteiger partial charge in [0.1, 0.15) is 0 Å². The highest BCUT2D eigenvalue weighted by Gasteiger charge is 2.16. The molecular formula is C25H19NO4S. The number of carboxylic acids is 1. The van der Waals surface area contributed by atoms with Crippen molar-refractivity contribution in [1.82, 2.24) is 4.98 Å². The molecule has 5 nitrogen and oxygen atoms in total. The van der Waals surface area contributed by atoms with Crippen LogP contribution in [0.4, 0.5) is 0 Å². The lowest BCUT2D eigenvalue weighted by Crippen LogP contribution is -2.06. The molecule has 4 rings (SSSR count). The molecule has 3 aromatic carbocycles. The molecule has 154 valence electrons. The molecule has 1 N–H and O–H groups in total. The standard InChI is InChI=1S/C25H19NO4S/c27-25(28)21-11-7-18(8-12-21)5-6-19-9-15-23(16-10-19)31(29,30)17-22-14-13-20-3-1-2-4-24(20)26-22/h1-16H,17H2,(H,27,28). The number of aromatic carboxylic acids is 1.